The third-order valence-electron chi connectivity index (χ3n) is 5.23. The molecule has 2 heterocycles. The number of rotatable bonds is 7. The van der Waals surface area contributed by atoms with E-state index in [1.54, 1.807) is 41.0 Å². The summed E-state index contributed by atoms with van der Waals surface area (Å²) < 4.78 is 35.5. The Morgan fingerprint density at radius 3 is 2.51 bits per heavy atom. The predicted molar refractivity (Wildman–Crippen MR) is 135 cm³/mol. The van der Waals surface area contributed by atoms with E-state index >= 15 is 0 Å². The Labute approximate surface area is 213 Å². The highest BCUT2D eigenvalue weighted by Crippen LogP contribution is 2.26. The first kappa shape index (κ1) is 23.7. The van der Waals surface area contributed by atoms with Crippen molar-refractivity contribution in [3.05, 3.63) is 97.9 Å². The lowest BCUT2D eigenvalue weighted by molar-refractivity contribution is 0.376. The lowest BCUT2D eigenvalue weighted by Gasteiger charge is -2.07. The second-order valence-electron chi connectivity index (χ2n) is 7.49. The smallest absolute Gasteiger partial charge is 0.308 e. The van der Waals surface area contributed by atoms with Crippen molar-refractivity contribution in [2.75, 3.05) is 0 Å². The van der Waals surface area contributed by atoms with Gasteiger partial charge >= 0.3 is 4.87 Å². The predicted octanol–water partition coefficient (Wildman–Crippen LogP) is 4.95. The molecule has 0 bridgehead atoms. The maximum Gasteiger partial charge on any atom is 0.308 e. The highest BCUT2D eigenvalue weighted by atomic mass is 35.5. The van der Waals surface area contributed by atoms with Gasteiger partial charge in [0, 0.05) is 10.6 Å². The quantitative estimate of drug-likeness (QED) is 0.309. The van der Waals surface area contributed by atoms with Gasteiger partial charge in [0.05, 0.1) is 33.2 Å². The van der Waals surface area contributed by atoms with E-state index in [0.29, 0.717) is 25.8 Å². The van der Waals surface area contributed by atoms with Gasteiger partial charge in [0.25, 0.3) is 0 Å². The number of benzene rings is 3. The largest absolute Gasteiger partial charge is 0.338 e. The zero-order valence-electron chi connectivity index (χ0n) is 17.8. The normalized spacial score (nSPS) is 11.8. The molecule has 0 aliphatic carbocycles. The molecule has 0 amide bonds. The summed E-state index contributed by atoms with van der Waals surface area (Å²) in [6, 6.07) is 18.8. The molecule has 1 N–H and O–H groups in total. The molecule has 0 radical (unpaired) electrons. The van der Waals surface area contributed by atoms with Gasteiger partial charge in [-0.3, -0.25) is 9.36 Å². The molecule has 0 atom stereocenters. The first-order valence-corrected chi connectivity index (χ1v) is 13.3. The fraction of sp³-hybridized carbons (Fsp3) is 0.0870. The summed E-state index contributed by atoms with van der Waals surface area (Å²) in [6.07, 6.45) is 0. The SMILES string of the molecule is O=c1sc2cc(S(=O)(=O)NCc3nc(-c4ccccc4Cl)no3)ccc2n1Cc1ccccc1Cl. The van der Waals surface area contributed by atoms with Gasteiger partial charge < -0.3 is 4.52 Å². The molecule has 5 rings (SSSR count). The zero-order chi connectivity index (χ0) is 24.6. The van der Waals surface area contributed by atoms with Crippen LogP contribution in [-0.2, 0) is 23.1 Å². The fourth-order valence-electron chi connectivity index (χ4n) is 3.48. The standard InChI is InChI=1S/C23H16Cl2N4O4S2/c24-17-7-3-1-5-14(17)13-29-19-10-9-15(11-20(19)34-23(29)30)35(31,32)26-12-21-27-22(28-33-21)16-6-2-4-8-18(16)25/h1-11,26H,12-13H2. The second-order valence-corrected chi connectivity index (χ2v) is 11.1. The summed E-state index contributed by atoms with van der Waals surface area (Å²) in [5, 5.41) is 4.87. The number of nitrogens with one attached hydrogen (secondary N) is 1. The lowest BCUT2D eigenvalue weighted by Crippen LogP contribution is -2.23. The van der Waals surface area contributed by atoms with Gasteiger partial charge in [-0.25, -0.2) is 13.1 Å². The fourth-order valence-corrected chi connectivity index (χ4v) is 5.90. The van der Waals surface area contributed by atoms with Gasteiger partial charge in [0.15, 0.2) is 0 Å². The van der Waals surface area contributed by atoms with E-state index in [4.69, 9.17) is 27.7 Å². The van der Waals surface area contributed by atoms with Crippen molar-refractivity contribution < 1.29 is 12.9 Å². The van der Waals surface area contributed by atoms with Crippen molar-refractivity contribution >= 4 is 54.8 Å². The number of sulfonamides is 1. The number of hydrogen-bond donors (Lipinski definition) is 1. The molecule has 12 heteroatoms. The van der Waals surface area contributed by atoms with E-state index in [0.717, 1.165) is 16.9 Å². The van der Waals surface area contributed by atoms with Gasteiger partial charge in [0.1, 0.15) is 0 Å². The van der Waals surface area contributed by atoms with E-state index in [1.807, 2.05) is 18.2 Å². The molecule has 5 aromatic rings. The van der Waals surface area contributed by atoms with Gasteiger partial charge in [-0.1, -0.05) is 70.0 Å². The van der Waals surface area contributed by atoms with Crippen LogP contribution >= 0.6 is 34.5 Å². The van der Waals surface area contributed by atoms with E-state index < -0.39 is 10.0 Å². The summed E-state index contributed by atoms with van der Waals surface area (Å²) in [4.78, 5) is 16.6. The Bertz CT molecular complexity index is 1710. The molecule has 35 heavy (non-hydrogen) atoms. The topological polar surface area (TPSA) is 107 Å². The molecule has 178 valence electrons. The van der Waals surface area contributed by atoms with E-state index in [2.05, 4.69) is 14.9 Å². The number of thiazole rings is 1. The molecule has 0 unspecified atom stereocenters. The molecule has 0 saturated heterocycles. The van der Waals surface area contributed by atoms with Crippen LogP contribution in [0.4, 0.5) is 0 Å². The van der Waals surface area contributed by atoms with Crippen molar-refractivity contribution in [2.24, 2.45) is 0 Å². The van der Waals surface area contributed by atoms with Crippen molar-refractivity contribution in [3.63, 3.8) is 0 Å². The summed E-state index contributed by atoms with van der Waals surface area (Å²) >= 11 is 13.4. The third kappa shape index (κ3) is 4.89. The van der Waals surface area contributed by atoms with E-state index in [9.17, 15) is 13.2 Å². The Hall–Kier alpha value is -3.02. The Morgan fingerprint density at radius 2 is 1.74 bits per heavy atom. The molecule has 0 spiro atoms. The first-order chi connectivity index (χ1) is 16.8. The van der Waals surface area contributed by atoms with Crippen LogP contribution in [0.25, 0.3) is 21.6 Å². The highest BCUT2D eigenvalue weighted by molar-refractivity contribution is 7.89. The van der Waals surface area contributed by atoms with Crippen LogP contribution in [0.5, 0.6) is 0 Å². The number of nitrogens with zero attached hydrogens (tertiary/aromatic N) is 3. The molecule has 3 aromatic carbocycles. The van der Waals surface area contributed by atoms with E-state index in [-0.39, 0.29) is 34.6 Å². The summed E-state index contributed by atoms with van der Waals surface area (Å²) in [5.74, 6) is 0.343. The Morgan fingerprint density at radius 1 is 1.00 bits per heavy atom. The summed E-state index contributed by atoms with van der Waals surface area (Å²) in [5.41, 5.74) is 2.00. The van der Waals surface area contributed by atoms with Gasteiger partial charge in [0.2, 0.25) is 21.7 Å². The Kier molecular flexibility index (Phi) is 6.47. The van der Waals surface area contributed by atoms with Crippen LogP contribution < -0.4 is 9.60 Å². The van der Waals surface area contributed by atoms with Crippen molar-refractivity contribution in [3.8, 4) is 11.4 Å². The molecular formula is C23H16Cl2N4O4S2. The van der Waals surface area contributed by atoms with Gasteiger partial charge in [-0.2, -0.15) is 4.98 Å². The van der Waals surface area contributed by atoms with Crippen molar-refractivity contribution in [1.29, 1.82) is 0 Å². The molecule has 0 aliphatic rings. The van der Waals surface area contributed by atoms with Crippen molar-refractivity contribution in [1.82, 2.24) is 19.4 Å². The van der Waals surface area contributed by atoms with Crippen LogP contribution in [0, 0.1) is 0 Å². The minimum Gasteiger partial charge on any atom is -0.338 e. The van der Waals surface area contributed by atoms with Crippen LogP contribution in [0.1, 0.15) is 11.5 Å². The van der Waals surface area contributed by atoms with Crippen LogP contribution in [0.15, 0.2) is 80.9 Å². The number of aromatic nitrogens is 3. The van der Waals surface area contributed by atoms with Crippen LogP contribution in [0.3, 0.4) is 0 Å². The number of fused-ring (bicyclic) bond motifs is 1. The molecule has 0 aliphatic heterocycles. The number of halogens is 2. The first-order valence-electron chi connectivity index (χ1n) is 10.3. The van der Waals surface area contributed by atoms with Crippen LogP contribution in [0.2, 0.25) is 10.0 Å². The maximum atomic E-state index is 12.9. The minimum absolute atomic E-state index is 0.0157. The Balaban J connectivity index is 1.36. The minimum atomic E-state index is -3.91. The average molecular weight is 547 g/mol. The molecule has 0 fully saturated rings. The zero-order valence-corrected chi connectivity index (χ0v) is 21.0. The molecule has 8 nitrogen and oxygen atoms in total. The summed E-state index contributed by atoms with van der Waals surface area (Å²) in [7, 11) is -3.91. The second kappa shape index (κ2) is 9.56. The molecule has 2 aromatic heterocycles. The lowest BCUT2D eigenvalue weighted by atomic mass is 10.2. The van der Waals surface area contributed by atoms with Crippen molar-refractivity contribution in [2.45, 2.75) is 18.0 Å². The van der Waals surface area contributed by atoms with Gasteiger partial charge in [-0.05, 0) is 42.0 Å². The summed E-state index contributed by atoms with van der Waals surface area (Å²) in [6.45, 7) is 0.0787. The molecule has 0 saturated carbocycles. The highest BCUT2D eigenvalue weighted by Gasteiger charge is 2.19. The van der Waals surface area contributed by atoms with Gasteiger partial charge in [-0.15, -0.1) is 0 Å². The van der Waals surface area contributed by atoms with E-state index in [1.165, 1.54) is 12.1 Å². The monoisotopic (exact) mass is 546 g/mol. The van der Waals surface area contributed by atoms with Crippen LogP contribution in [-0.4, -0.2) is 23.1 Å². The number of hydrogen-bond acceptors (Lipinski definition) is 7. The average Bonchev–Trinajstić information content (AvgIpc) is 3.43. The molecular weight excluding hydrogens is 531 g/mol. The maximum absolute atomic E-state index is 12.9. The third-order valence-corrected chi connectivity index (χ3v) is 8.27.